The number of fused-ring (bicyclic) bond motifs is 11. The molecule has 0 bridgehead atoms. The van der Waals surface area contributed by atoms with Crippen LogP contribution in [0, 0.1) is 0 Å². The van der Waals surface area contributed by atoms with Crippen LogP contribution in [-0.4, -0.2) is 4.57 Å². The summed E-state index contributed by atoms with van der Waals surface area (Å²) in [5, 5.41) is 9.83. The summed E-state index contributed by atoms with van der Waals surface area (Å²) in [5.41, 5.74) is 10.9. The van der Waals surface area contributed by atoms with Gasteiger partial charge in [0.05, 0.1) is 27.1 Å². The van der Waals surface area contributed by atoms with E-state index in [2.05, 4.69) is 198 Å². The van der Waals surface area contributed by atoms with Crippen LogP contribution in [0.15, 0.2) is 199 Å². The fourth-order valence-electron chi connectivity index (χ4n) is 8.85. The second-order valence-electron chi connectivity index (χ2n) is 14.5. The van der Waals surface area contributed by atoms with Crippen LogP contribution < -0.4 is 4.90 Å². The molecule has 0 unspecified atom stereocenters. The second kappa shape index (κ2) is 12.2. The molecule has 0 saturated heterocycles. The number of benzene rings is 9. The Morgan fingerprint density at radius 3 is 2.02 bits per heavy atom. The minimum absolute atomic E-state index is 0.877. The molecule has 0 atom stereocenters. The zero-order valence-electron chi connectivity index (χ0n) is 30.2. The molecular formula is C52H32N2OS. The SMILES string of the molecule is c1ccc(-n2c3cc(-c4ccc(N(c5cccc6c5oc5ccccc56)c5cccc6c5sc5ccccc56)cc4)ccc3c3c4ccccc4ccc32)cc1. The third-order valence-electron chi connectivity index (χ3n) is 11.4. The second-order valence-corrected chi connectivity index (χ2v) is 15.5. The topological polar surface area (TPSA) is 21.3 Å². The number of hydrogen-bond acceptors (Lipinski definition) is 3. The van der Waals surface area contributed by atoms with Crippen LogP contribution in [0.2, 0.25) is 0 Å². The molecule has 9 aromatic carbocycles. The van der Waals surface area contributed by atoms with E-state index in [-0.39, 0.29) is 0 Å². The number of nitrogens with zero attached hydrogens (tertiary/aromatic N) is 2. The fourth-order valence-corrected chi connectivity index (χ4v) is 10.1. The molecule has 0 spiro atoms. The van der Waals surface area contributed by atoms with Gasteiger partial charge < -0.3 is 13.9 Å². The molecule has 4 heteroatoms. The quantitative estimate of drug-likeness (QED) is 0.176. The van der Waals surface area contributed by atoms with Crippen molar-refractivity contribution < 1.29 is 4.42 Å². The van der Waals surface area contributed by atoms with Crippen LogP contribution in [0.25, 0.3) is 91.5 Å². The first-order valence-electron chi connectivity index (χ1n) is 19.0. The van der Waals surface area contributed by atoms with Crippen LogP contribution in [0.4, 0.5) is 17.1 Å². The van der Waals surface area contributed by atoms with Crippen molar-refractivity contribution in [2.45, 2.75) is 0 Å². The van der Waals surface area contributed by atoms with Gasteiger partial charge in [-0.3, -0.25) is 0 Å². The summed E-state index contributed by atoms with van der Waals surface area (Å²) in [6, 6.07) is 70.1. The van der Waals surface area contributed by atoms with Crippen molar-refractivity contribution in [2.24, 2.45) is 0 Å². The van der Waals surface area contributed by atoms with E-state index in [4.69, 9.17) is 4.42 Å². The smallest absolute Gasteiger partial charge is 0.159 e. The van der Waals surface area contributed by atoms with Gasteiger partial charge in [0, 0.05) is 48.4 Å². The zero-order chi connectivity index (χ0) is 36.7. The molecule has 12 aromatic rings. The Hall–Kier alpha value is -7.14. The zero-order valence-corrected chi connectivity index (χ0v) is 31.0. The number of aromatic nitrogens is 1. The van der Waals surface area contributed by atoms with Gasteiger partial charge in [0.2, 0.25) is 0 Å². The van der Waals surface area contributed by atoms with E-state index in [1.54, 1.807) is 0 Å². The minimum atomic E-state index is 0.877. The summed E-state index contributed by atoms with van der Waals surface area (Å²) in [7, 11) is 0. The number of furan rings is 1. The Kier molecular flexibility index (Phi) is 6.80. The molecule has 3 nitrogen and oxygen atoms in total. The molecule has 0 aliphatic carbocycles. The highest BCUT2D eigenvalue weighted by atomic mass is 32.1. The van der Waals surface area contributed by atoms with Crippen molar-refractivity contribution >= 4 is 103 Å². The van der Waals surface area contributed by atoms with E-state index in [1.807, 2.05) is 17.4 Å². The van der Waals surface area contributed by atoms with Crippen LogP contribution >= 0.6 is 11.3 Å². The molecule has 0 amide bonds. The Labute approximate surface area is 326 Å². The van der Waals surface area contributed by atoms with Gasteiger partial charge in [-0.05, 0) is 82.6 Å². The lowest BCUT2D eigenvalue weighted by atomic mass is 10.0. The van der Waals surface area contributed by atoms with E-state index in [1.165, 1.54) is 58.3 Å². The first-order chi connectivity index (χ1) is 27.8. The van der Waals surface area contributed by atoms with Gasteiger partial charge in [0.15, 0.2) is 5.58 Å². The molecule has 12 rings (SSSR count). The van der Waals surface area contributed by atoms with Crippen molar-refractivity contribution in [1.29, 1.82) is 0 Å². The molecule has 262 valence electrons. The first-order valence-corrected chi connectivity index (χ1v) is 19.8. The van der Waals surface area contributed by atoms with Crippen LogP contribution in [-0.2, 0) is 0 Å². The highest BCUT2D eigenvalue weighted by molar-refractivity contribution is 7.26. The summed E-state index contributed by atoms with van der Waals surface area (Å²) < 4.78 is 11.6. The van der Waals surface area contributed by atoms with Crippen molar-refractivity contribution in [3.63, 3.8) is 0 Å². The Balaban J connectivity index is 1.05. The Bertz CT molecular complexity index is 3370. The van der Waals surface area contributed by atoms with E-state index in [9.17, 15) is 0 Å². The number of hydrogen-bond donors (Lipinski definition) is 0. The van der Waals surface area contributed by atoms with Gasteiger partial charge in [-0.1, -0.05) is 133 Å². The van der Waals surface area contributed by atoms with Gasteiger partial charge in [-0.2, -0.15) is 0 Å². The lowest BCUT2D eigenvalue weighted by Gasteiger charge is -2.26. The van der Waals surface area contributed by atoms with Crippen molar-refractivity contribution in [2.75, 3.05) is 4.90 Å². The predicted octanol–water partition coefficient (Wildman–Crippen LogP) is 15.3. The highest BCUT2D eigenvalue weighted by Gasteiger charge is 2.23. The molecule has 56 heavy (non-hydrogen) atoms. The largest absolute Gasteiger partial charge is 0.454 e. The third kappa shape index (κ3) is 4.63. The van der Waals surface area contributed by atoms with Gasteiger partial charge in [0.1, 0.15) is 5.58 Å². The summed E-state index contributed by atoms with van der Waals surface area (Å²) in [5.74, 6) is 0. The monoisotopic (exact) mass is 732 g/mol. The van der Waals surface area contributed by atoms with Gasteiger partial charge in [-0.25, -0.2) is 0 Å². The van der Waals surface area contributed by atoms with Crippen molar-refractivity contribution in [1.82, 2.24) is 4.57 Å². The molecule has 0 saturated carbocycles. The maximum absolute atomic E-state index is 6.67. The number of rotatable bonds is 5. The third-order valence-corrected chi connectivity index (χ3v) is 12.6. The van der Waals surface area contributed by atoms with Crippen LogP contribution in [0.1, 0.15) is 0 Å². The molecule has 0 aliphatic rings. The van der Waals surface area contributed by atoms with E-state index >= 15 is 0 Å². The van der Waals surface area contributed by atoms with Gasteiger partial charge in [0.25, 0.3) is 0 Å². The van der Waals surface area contributed by atoms with E-state index < -0.39 is 0 Å². The van der Waals surface area contributed by atoms with Crippen molar-refractivity contribution in [3.05, 3.63) is 194 Å². The molecule has 3 heterocycles. The average Bonchev–Trinajstić information content (AvgIpc) is 3.95. The lowest BCUT2D eigenvalue weighted by Crippen LogP contribution is -2.10. The molecule has 0 N–H and O–H groups in total. The highest BCUT2D eigenvalue weighted by Crippen LogP contribution is 2.48. The van der Waals surface area contributed by atoms with E-state index in [0.717, 1.165) is 50.3 Å². The average molecular weight is 733 g/mol. The molecule has 0 fully saturated rings. The first kappa shape index (κ1) is 31.2. The predicted molar refractivity (Wildman–Crippen MR) is 239 cm³/mol. The number of thiophene rings is 1. The van der Waals surface area contributed by atoms with Crippen LogP contribution in [0.3, 0.4) is 0 Å². The maximum Gasteiger partial charge on any atom is 0.159 e. The number of para-hydroxylation sites is 3. The summed E-state index contributed by atoms with van der Waals surface area (Å²) in [4.78, 5) is 2.38. The Morgan fingerprint density at radius 2 is 1.14 bits per heavy atom. The standard InChI is InChI=1S/C52H32N2OS/c1-2-13-36(14-3-1)53-44-31-27-34-12-4-5-15-38(34)50(44)43-30-26-35(32-47(43)53)33-24-28-37(29-25-33)54(45-20-10-18-41-39-16-6-8-22-48(39)55-51(41)45)46-21-11-19-42-40-17-7-9-23-49(40)56-52(42)46/h1-32H. The normalized spacial score (nSPS) is 11.9. The fraction of sp³-hybridized carbons (Fsp3) is 0. The summed E-state index contributed by atoms with van der Waals surface area (Å²) in [6.07, 6.45) is 0. The summed E-state index contributed by atoms with van der Waals surface area (Å²) in [6.45, 7) is 0. The van der Waals surface area contributed by atoms with Crippen LogP contribution in [0.5, 0.6) is 0 Å². The van der Waals surface area contributed by atoms with Crippen molar-refractivity contribution in [3.8, 4) is 16.8 Å². The molecule has 3 aromatic heterocycles. The Morgan fingerprint density at radius 1 is 0.446 bits per heavy atom. The van der Waals surface area contributed by atoms with E-state index in [0.29, 0.717) is 0 Å². The molecule has 0 aliphatic heterocycles. The molecular weight excluding hydrogens is 701 g/mol. The lowest BCUT2D eigenvalue weighted by molar-refractivity contribution is 0.669. The van der Waals surface area contributed by atoms with Gasteiger partial charge >= 0.3 is 0 Å². The van der Waals surface area contributed by atoms with Gasteiger partial charge in [-0.15, -0.1) is 11.3 Å². The molecule has 0 radical (unpaired) electrons. The summed E-state index contributed by atoms with van der Waals surface area (Å²) >= 11 is 1.84. The minimum Gasteiger partial charge on any atom is -0.454 e. The number of anilines is 3. The maximum atomic E-state index is 6.67.